The molecule has 1 aromatic carbocycles. The summed E-state index contributed by atoms with van der Waals surface area (Å²) in [7, 11) is 2.93. The van der Waals surface area contributed by atoms with Gasteiger partial charge in [-0.05, 0) is 30.5 Å². The van der Waals surface area contributed by atoms with E-state index >= 15 is 0 Å². The van der Waals surface area contributed by atoms with Gasteiger partial charge in [-0.15, -0.1) is 0 Å². The van der Waals surface area contributed by atoms with Crippen LogP contribution in [0, 0.1) is 0 Å². The monoisotopic (exact) mass is 485 g/mol. The maximum atomic E-state index is 12.8. The topological polar surface area (TPSA) is 119 Å². The van der Waals surface area contributed by atoms with E-state index in [1.165, 1.54) is 17.9 Å². The first-order valence-corrected chi connectivity index (χ1v) is 10.6. The summed E-state index contributed by atoms with van der Waals surface area (Å²) in [5.74, 6) is -1.50. The number of benzene rings is 1. The van der Waals surface area contributed by atoms with Gasteiger partial charge in [-0.1, -0.05) is 35.7 Å². The SMILES string of the molecule is COC(=O)CCCCCNC(=O)c1c(OCc2ccc(Cl)c(Cl)c2)c(C(=O)NO)cn1C. The van der Waals surface area contributed by atoms with Crippen LogP contribution in [0.3, 0.4) is 0 Å². The molecule has 32 heavy (non-hydrogen) atoms. The molecular weight excluding hydrogens is 461 g/mol. The second-order valence-corrected chi connectivity index (χ2v) is 7.77. The zero-order valence-corrected chi connectivity index (χ0v) is 19.3. The Hall–Kier alpha value is -2.75. The van der Waals surface area contributed by atoms with Crippen molar-refractivity contribution in [3.63, 3.8) is 0 Å². The predicted molar refractivity (Wildman–Crippen MR) is 118 cm³/mol. The summed E-state index contributed by atoms with van der Waals surface area (Å²) in [6.45, 7) is 0.388. The largest absolute Gasteiger partial charge is 0.486 e. The average Bonchev–Trinajstić information content (AvgIpc) is 3.11. The van der Waals surface area contributed by atoms with E-state index < -0.39 is 11.8 Å². The molecule has 3 N–H and O–H groups in total. The summed E-state index contributed by atoms with van der Waals surface area (Å²) in [6.07, 6.45) is 3.78. The third kappa shape index (κ3) is 6.88. The second-order valence-electron chi connectivity index (χ2n) is 6.95. The number of nitrogens with zero attached hydrogens (tertiary/aromatic N) is 1. The molecule has 0 aliphatic rings. The van der Waals surface area contributed by atoms with E-state index in [4.69, 9.17) is 33.1 Å². The standard InChI is InChI=1S/C21H25Cl2N3O6/c1-26-11-14(20(28)25-30)19(32-12-13-7-8-15(22)16(23)10-13)18(26)21(29)24-9-5-3-4-6-17(27)31-2/h7-8,10-11,30H,3-6,9,12H2,1-2H3,(H,24,29)(H,25,28). The molecular formula is C21H25Cl2N3O6. The van der Waals surface area contributed by atoms with Crippen LogP contribution in [0.1, 0.15) is 52.1 Å². The molecule has 2 aromatic rings. The first-order chi connectivity index (χ1) is 15.3. The van der Waals surface area contributed by atoms with Gasteiger partial charge in [0.25, 0.3) is 11.8 Å². The molecule has 0 fully saturated rings. The lowest BCUT2D eigenvalue weighted by Crippen LogP contribution is -2.27. The van der Waals surface area contributed by atoms with Crippen LogP contribution in [0.5, 0.6) is 5.75 Å². The fourth-order valence-corrected chi connectivity index (χ4v) is 3.30. The Bertz CT molecular complexity index is 977. The van der Waals surface area contributed by atoms with Crippen molar-refractivity contribution in [3.05, 3.63) is 51.3 Å². The van der Waals surface area contributed by atoms with Gasteiger partial charge in [0.15, 0.2) is 5.75 Å². The van der Waals surface area contributed by atoms with Crippen molar-refractivity contribution >= 4 is 41.0 Å². The van der Waals surface area contributed by atoms with Crippen molar-refractivity contribution in [2.24, 2.45) is 7.05 Å². The van der Waals surface area contributed by atoms with E-state index in [2.05, 4.69) is 10.1 Å². The van der Waals surface area contributed by atoms with Gasteiger partial charge in [-0.25, -0.2) is 5.48 Å². The lowest BCUT2D eigenvalue weighted by molar-refractivity contribution is -0.140. The van der Waals surface area contributed by atoms with Crippen LogP contribution < -0.4 is 15.5 Å². The molecule has 0 bridgehead atoms. The Balaban J connectivity index is 2.09. The van der Waals surface area contributed by atoms with Crippen molar-refractivity contribution in [1.29, 1.82) is 0 Å². The Morgan fingerprint density at radius 3 is 2.50 bits per heavy atom. The number of amides is 2. The number of hydroxylamine groups is 1. The van der Waals surface area contributed by atoms with Gasteiger partial charge >= 0.3 is 5.97 Å². The Labute approximate surface area is 195 Å². The number of carbonyl (C=O) groups is 3. The van der Waals surface area contributed by atoms with Crippen molar-refractivity contribution < 1.29 is 29.1 Å². The lowest BCUT2D eigenvalue weighted by atomic mass is 10.2. The molecule has 11 heteroatoms. The van der Waals surface area contributed by atoms with Crippen LogP contribution >= 0.6 is 23.2 Å². The minimum absolute atomic E-state index is 0.00158. The van der Waals surface area contributed by atoms with Crippen LogP contribution in [-0.4, -0.2) is 41.2 Å². The van der Waals surface area contributed by atoms with E-state index in [1.807, 2.05) is 0 Å². The second kappa shape index (κ2) is 12.3. The number of methoxy groups -OCH3 is 1. The number of halogens is 2. The number of hydrogen-bond donors (Lipinski definition) is 3. The molecule has 0 aliphatic heterocycles. The van der Waals surface area contributed by atoms with E-state index in [1.54, 1.807) is 30.7 Å². The number of ether oxygens (including phenoxy) is 2. The molecule has 0 saturated heterocycles. The molecule has 0 aliphatic carbocycles. The van der Waals surface area contributed by atoms with Gasteiger partial charge in [-0.3, -0.25) is 19.6 Å². The predicted octanol–water partition coefficient (Wildman–Crippen LogP) is 3.49. The summed E-state index contributed by atoms with van der Waals surface area (Å²) >= 11 is 11.9. The molecule has 0 atom stereocenters. The maximum absolute atomic E-state index is 12.8. The lowest BCUT2D eigenvalue weighted by Gasteiger charge is -2.12. The van der Waals surface area contributed by atoms with Crippen molar-refractivity contribution in [1.82, 2.24) is 15.4 Å². The first-order valence-electron chi connectivity index (χ1n) is 9.84. The normalized spacial score (nSPS) is 10.5. The van der Waals surface area contributed by atoms with E-state index in [-0.39, 0.29) is 29.6 Å². The zero-order valence-electron chi connectivity index (χ0n) is 17.7. The van der Waals surface area contributed by atoms with Gasteiger partial charge in [0.2, 0.25) is 0 Å². The number of hydrogen-bond acceptors (Lipinski definition) is 6. The molecule has 0 spiro atoms. The van der Waals surface area contributed by atoms with Crippen molar-refractivity contribution in [3.8, 4) is 5.75 Å². The van der Waals surface area contributed by atoms with Crippen LogP contribution in [0.4, 0.5) is 0 Å². The number of unbranched alkanes of at least 4 members (excludes halogenated alkanes) is 2. The van der Waals surface area contributed by atoms with Crippen LogP contribution in [-0.2, 0) is 23.2 Å². The highest BCUT2D eigenvalue weighted by atomic mass is 35.5. The van der Waals surface area contributed by atoms with Crippen LogP contribution in [0.15, 0.2) is 24.4 Å². The molecule has 0 radical (unpaired) electrons. The summed E-state index contributed by atoms with van der Waals surface area (Å²) in [5.41, 5.74) is 2.35. The summed E-state index contributed by atoms with van der Waals surface area (Å²) < 4.78 is 11.8. The number of aromatic nitrogens is 1. The van der Waals surface area contributed by atoms with Crippen LogP contribution in [0.25, 0.3) is 0 Å². The quantitative estimate of drug-likeness (QED) is 0.194. The summed E-state index contributed by atoms with van der Waals surface area (Å²) in [5, 5.41) is 12.6. The maximum Gasteiger partial charge on any atom is 0.305 e. The zero-order chi connectivity index (χ0) is 23.7. The fraction of sp³-hybridized carbons (Fsp3) is 0.381. The minimum atomic E-state index is -0.813. The third-order valence-electron chi connectivity index (χ3n) is 4.63. The van der Waals surface area contributed by atoms with Crippen LogP contribution in [0.2, 0.25) is 10.0 Å². The molecule has 174 valence electrons. The number of nitrogens with one attached hydrogen (secondary N) is 2. The molecule has 9 nitrogen and oxygen atoms in total. The number of esters is 1. The van der Waals surface area contributed by atoms with Gasteiger partial charge in [-0.2, -0.15) is 0 Å². The smallest absolute Gasteiger partial charge is 0.305 e. The molecule has 0 unspecified atom stereocenters. The van der Waals surface area contributed by atoms with Gasteiger partial charge < -0.3 is 19.4 Å². The highest BCUT2D eigenvalue weighted by Crippen LogP contribution is 2.28. The molecule has 2 rings (SSSR count). The number of carbonyl (C=O) groups excluding carboxylic acids is 3. The highest BCUT2D eigenvalue weighted by Gasteiger charge is 2.25. The van der Waals surface area contributed by atoms with Crippen molar-refractivity contribution in [2.45, 2.75) is 32.3 Å². The summed E-state index contributed by atoms with van der Waals surface area (Å²) in [6, 6.07) is 4.94. The van der Waals surface area contributed by atoms with E-state index in [0.29, 0.717) is 41.4 Å². The van der Waals surface area contributed by atoms with E-state index in [0.717, 1.165) is 6.42 Å². The molecule has 1 heterocycles. The average molecular weight is 486 g/mol. The fourth-order valence-electron chi connectivity index (χ4n) is 2.98. The van der Waals surface area contributed by atoms with Crippen molar-refractivity contribution in [2.75, 3.05) is 13.7 Å². The number of aryl methyl sites for hydroxylation is 1. The minimum Gasteiger partial charge on any atom is -0.486 e. The Kier molecular flexibility index (Phi) is 9.83. The third-order valence-corrected chi connectivity index (χ3v) is 5.37. The summed E-state index contributed by atoms with van der Waals surface area (Å²) in [4.78, 5) is 36.0. The molecule has 1 aromatic heterocycles. The van der Waals surface area contributed by atoms with Gasteiger partial charge in [0, 0.05) is 26.2 Å². The highest BCUT2D eigenvalue weighted by molar-refractivity contribution is 6.42. The van der Waals surface area contributed by atoms with E-state index in [9.17, 15) is 14.4 Å². The Morgan fingerprint density at radius 2 is 1.84 bits per heavy atom. The Morgan fingerprint density at radius 1 is 1.09 bits per heavy atom. The molecule has 2 amide bonds. The molecule has 0 saturated carbocycles. The first kappa shape index (κ1) is 25.5. The van der Waals surface area contributed by atoms with Gasteiger partial charge in [0.05, 0.1) is 17.2 Å². The number of rotatable bonds is 11. The van der Waals surface area contributed by atoms with Gasteiger partial charge in [0.1, 0.15) is 17.9 Å².